The van der Waals surface area contributed by atoms with Crippen molar-refractivity contribution < 1.29 is 4.79 Å². The second kappa shape index (κ2) is 7.40. The Morgan fingerprint density at radius 2 is 2.05 bits per heavy atom. The van der Waals surface area contributed by atoms with E-state index >= 15 is 0 Å². The quantitative estimate of drug-likeness (QED) is 0.779. The Hall–Kier alpha value is -2.21. The molecule has 6 heteroatoms. The van der Waals surface area contributed by atoms with Gasteiger partial charge in [0.25, 0.3) is 0 Å². The molecule has 0 aliphatic heterocycles. The van der Waals surface area contributed by atoms with Crippen molar-refractivity contribution in [2.75, 3.05) is 6.54 Å². The molecule has 106 valence electrons. The van der Waals surface area contributed by atoms with Gasteiger partial charge in [-0.1, -0.05) is 30.3 Å². The molecule has 0 fully saturated rings. The fraction of sp³-hybridized carbons (Fsp3) is 0.357. The molecule has 0 unspecified atom stereocenters. The minimum absolute atomic E-state index is 0.0311. The highest BCUT2D eigenvalue weighted by atomic mass is 16.1. The number of carbonyl (C=O) groups is 1. The molecule has 0 bridgehead atoms. The maximum Gasteiger partial charge on any atom is 0.234 e. The van der Waals surface area contributed by atoms with Crippen LogP contribution in [-0.2, 0) is 24.4 Å². The van der Waals surface area contributed by atoms with Crippen LogP contribution in [-0.4, -0.2) is 27.2 Å². The van der Waals surface area contributed by atoms with Crippen LogP contribution >= 0.6 is 0 Å². The standard InChI is InChI=1S/C14H19N5O/c1-2-19-13(17-11-18-19)9-15-10-14(20)16-8-12-6-4-3-5-7-12/h3-7,11,15H,2,8-10H2,1H3,(H,16,20). The molecule has 1 aromatic heterocycles. The van der Waals surface area contributed by atoms with E-state index in [2.05, 4.69) is 20.7 Å². The summed E-state index contributed by atoms with van der Waals surface area (Å²) in [6.07, 6.45) is 1.52. The number of rotatable bonds is 7. The molecule has 0 saturated heterocycles. The normalized spacial score (nSPS) is 10.4. The van der Waals surface area contributed by atoms with Crippen LogP contribution in [0.25, 0.3) is 0 Å². The first-order chi connectivity index (χ1) is 9.79. The summed E-state index contributed by atoms with van der Waals surface area (Å²) in [6, 6.07) is 9.83. The van der Waals surface area contributed by atoms with Crippen molar-refractivity contribution >= 4 is 5.91 Å². The van der Waals surface area contributed by atoms with Crippen LogP contribution in [0.5, 0.6) is 0 Å². The summed E-state index contributed by atoms with van der Waals surface area (Å²) in [5, 5.41) is 10.00. The van der Waals surface area contributed by atoms with E-state index in [4.69, 9.17) is 0 Å². The zero-order valence-electron chi connectivity index (χ0n) is 11.5. The molecule has 0 radical (unpaired) electrons. The molecule has 0 atom stereocenters. The summed E-state index contributed by atoms with van der Waals surface area (Å²) >= 11 is 0. The van der Waals surface area contributed by atoms with Gasteiger partial charge in [0, 0.05) is 13.1 Å². The number of nitrogens with one attached hydrogen (secondary N) is 2. The first kappa shape index (κ1) is 14.2. The Kier molecular flexibility index (Phi) is 5.25. The third-order valence-electron chi connectivity index (χ3n) is 2.90. The Balaban J connectivity index is 1.68. The van der Waals surface area contributed by atoms with E-state index in [1.807, 2.05) is 37.3 Å². The van der Waals surface area contributed by atoms with Crippen molar-refractivity contribution in [3.8, 4) is 0 Å². The average molecular weight is 273 g/mol. The van der Waals surface area contributed by atoms with Gasteiger partial charge >= 0.3 is 0 Å². The third kappa shape index (κ3) is 4.17. The number of benzene rings is 1. The lowest BCUT2D eigenvalue weighted by Crippen LogP contribution is -2.33. The largest absolute Gasteiger partial charge is 0.351 e. The van der Waals surface area contributed by atoms with Gasteiger partial charge in [-0.2, -0.15) is 5.10 Å². The highest BCUT2D eigenvalue weighted by molar-refractivity contribution is 5.77. The molecule has 20 heavy (non-hydrogen) atoms. The van der Waals surface area contributed by atoms with Gasteiger partial charge in [-0.3, -0.25) is 4.79 Å². The van der Waals surface area contributed by atoms with Gasteiger partial charge in [-0.15, -0.1) is 0 Å². The van der Waals surface area contributed by atoms with Crippen molar-refractivity contribution in [1.82, 2.24) is 25.4 Å². The molecule has 2 aromatic rings. The smallest absolute Gasteiger partial charge is 0.234 e. The first-order valence-corrected chi connectivity index (χ1v) is 6.67. The molecule has 1 aromatic carbocycles. The van der Waals surface area contributed by atoms with Gasteiger partial charge in [0.15, 0.2) is 0 Å². The van der Waals surface area contributed by atoms with Crippen LogP contribution < -0.4 is 10.6 Å². The summed E-state index contributed by atoms with van der Waals surface area (Å²) in [7, 11) is 0. The van der Waals surface area contributed by atoms with E-state index in [9.17, 15) is 4.79 Å². The molecular weight excluding hydrogens is 254 g/mol. The average Bonchev–Trinajstić information content (AvgIpc) is 2.94. The molecule has 0 aliphatic rings. The van der Waals surface area contributed by atoms with Crippen molar-refractivity contribution in [1.29, 1.82) is 0 Å². The maximum absolute atomic E-state index is 11.7. The van der Waals surface area contributed by atoms with Gasteiger partial charge in [-0.25, -0.2) is 9.67 Å². The molecule has 2 rings (SSSR count). The summed E-state index contributed by atoms with van der Waals surface area (Å²) in [6.45, 7) is 4.13. The number of nitrogens with zero attached hydrogens (tertiary/aromatic N) is 3. The van der Waals surface area contributed by atoms with Crippen LogP contribution in [0.1, 0.15) is 18.3 Å². The predicted molar refractivity (Wildman–Crippen MR) is 75.7 cm³/mol. The number of aromatic nitrogens is 3. The zero-order valence-corrected chi connectivity index (χ0v) is 11.5. The number of hydrogen-bond donors (Lipinski definition) is 2. The molecule has 1 amide bonds. The first-order valence-electron chi connectivity index (χ1n) is 6.67. The Labute approximate surface area is 118 Å². The summed E-state index contributed by atoms with van der Waals surface area (Å²) in [4.78, 5) is 15.8. The molecule has 0 saturated carbocycles. The second-order valence-corrected chi connectivity index (χ2v) is 4.36. The highest BCUT2D eigenvalue weighted by Gasteiger charge is 2.04. The van der Waals surface area contributed by atoms with Gasteiger partial charge in [-0.05, 0) is 12.5 Å². The van der Waals surface area contributed by atoms with E-state index in [1.54, 1.807) is 4.68 Å². The van der Waals surface area contributed by atoms with Crippen molar-refractivity contribution in [2.24, 2.45) is 0 Å². The van der Waals surface area contributed by atoms with E-state index in [1.165, 1.54) is 6.33 Å². The summed E-state index contributed by atoms with van der Waals surface area (Å²) in [5.41, 5.74) is 1.09. The monoisotopic (exact) mass is 273 g/mol. The van der Waals surface area contributed by atoms with Crippen molar-refractivity contribution in [2.45, 2.75) is 26.6 Å². The van der Waals surface area contributed by atoms with Crippen molar-refractivity contribution in [3.05, 3.63) is 48.0 Å². The molecular formula is C14H19N5O. The van der Waals surface area contributed by atoms with E-state index in [-0.39, 0.29) is 12.5 Å². The molecule has 2 N–H and O–H groups in total. The topological polar surface area (TPSA) is 71.8 Å². The van der Waals surface area contributed by atoms with Gasteiger partial charge in [0.1, 0.15) is 12.2 Å². The van der Waals surface area contributed by atoms with E-state index < -0.39 is 0 Å². The minimum Gasteiger partial charge on any atom is -0.351 e. The lowest BCUT2D eigenvalue weighted by atomic mass is 10.2. The highest BCUT2D eigenvalue weighted by Crippen LogP contribution is 1.97. The fourth-order valence-corrected chi connectivity index (χ4v) is 1.84. The number of amides is 1. The fourth-order valence-electron chi connectivity index (χ4n) is 1.84. The van der Waals surface area contributed by atoms with E-state index in [0.717, 1.165) is 17.9 Å². The molecule has 0 spiro atoms. The zero-order chi connectivity index (χ0) is 14.2. The van der Waals surface area contributed by atoms with Crippen LogP contribution in [0.15, 0.2) is 36.7 Å². The number of aryl methyl sites for hydroxylation is 1. The summed E-state index contributed by atoms with van der Waals surface area (Å²) in [5.74, 6) is 0.805. The summed E-state index contributed by atoms with van der Waals surface area (Å²) < 4.78 is 1.80. The van der Waals surface area contributed by atoms with Crippen LogP contribution in [0.4, 0.5) is 0 Å². The van der Waals surface area contributed by atoms with Crippen LogP contribution in [0.2, 0.25) is 0 Å². The Bertz CT molecular complexity index is 538. The van der Waals surface area contributed by atoms with Crippen molar-refractivity contribution in [3.63, 3.8) is 0 Å². The lowest BCUT2D eigenvalue weighted by Gasteiger charge is -2.07. The Morgan fingerprint density at radius 3 is 2.80 bits per heavy atom. The van der Waals surface area contributed by atoms with Gasteiger partial charge in [0.2, 0.25) is 5.91 Å². The third-order valence-corrected chi connectivity index (χ3v) is 2.90. The van der Waals surface area contributed by atoms with Gasteiger partial charge < -0.3 is 10.6 Å². The maximum atomic E-state index is 11.7. The molecule has 1 heterocycles. The minimum atomic E-state index is -0.0311. The Morgan fingerprint density at radius 1 is 1.25 bits per heavy atom. The van der Waals surface area contributed by atoms with Crippen LogP contribution in [0, 0.1) is 0 Å². The SMILES string of the molecule is CCn1ncnc1CNCC(=O)NCc1ccccc1. The molecule has 0 aliphatic carbocycles. The number of hydrogen-bond acceptors (Lipinski definition) is 4. The predicted octanol–water partition coefficient (Wildman–Crippen LogP) is 0.704. The van der Waals surface area contributed by atoms with E-state index in [0.29, 0.717) is 13.1 Å². The number of carbonyl (C=O) groups excluding carboxylic acids is 1. The molecule has 6 nitrogen and oxygen atoms in total. The van der Waals surface area contributed by atoms with Crippen LogP contribution in [0.3, 0.4) is 0 Å². The lowest BCUT2D eigenvalue weighted by molar-refractivity contribution is -0.120. The second-order valence-electron chi connectivity index (χ2n) is 4.36. The van der Waals surface area contributed by atoms with Gasteiger partial charge in [0.05, 0.1) is 13.1 Å².